The van der Waals surface area contributed by atoms with Gasteiger partial charge in [-0.05, 0) is 76.7 Å². The van der Waals surface area contributed by atoms with Crippen molar-refractivity contribution < 1.29 is 4.74 Å². The quantitative estimate of drug-likeness (QED) is 0.203. The molecule has 0 saturated heterocycles. The van der Waals surface area contributed by atoms with E-state index >= 15 is 0 Å². The van der Waals surface area contributed by atoms with Crippen LogP contribution in [0.4, 0.5) is 0 Å². The van der Waals surface area contributed by atoms with Gasteiger partial charge in [-0.1, -0.05) is 71.0 Å². The van der Waals surface area contributed by atoms with Crippen LogP contribution in [0.1, 0.15) is 51.3 Å². The first-order chi connectivity index (χ1) is 22.2. The summed E-state index contributed by atoms with van der Waals surface area (Å²) >= 11 is 0. The summed E-state index contributed by atoms with van der Waals surface area (Å²) in [7, 11) is 0. The first-order valence-electron chi connectivity index (χ1n) is 15.9. The summed E-state index contributed by atoms with van der Waals surface area (Å²) in [5.41, 5.74) is 9.25. The van der Waals surface area contributed by atoms with Crippen LogP contribution in [-0.4, -0.2) is 19.1 Å². The number of ether oxygens (including phenoxy) is 1. The summed E-state index contributed by atoms with van der Waals surface area (Å²) in [4.78, 5) is 9.61. The van der Waals surface area contributed by atoms with Gasteiger partial charge in [0, 0.05) is 51.5 Å². The molecule has 0 N–H and O–H groups in total. The van der Waals surface area contributed by atoms with E-state index < -0.39 is 0 Å². The average Bonchev–Trinajstić information content (AvgIpc) is 3.56. The van der Waals surface area contributed by atoms with E-state index in [1.165, 1.54) is 43.8 Å². The van der Waals surface area contributed by atoms with E-state index in [4.69, 9.17) is 9.72 Å². The van der Waals surface area contributed by atoms with Crippen molar-refractivity contribution in [3.63, 3.8) is 0 Å². The van der Waals surface area contributed by atoms with Crippen molar-refractivity contribution in [1.29, 1.82) is 0 Å². The highest BCUT2D eigenvalue weighted by Crippen LogP contribution is 2.49. The van der Waals surface area contributed by atoms with Gasteiger partial charge in [0.25, 0.3) is 0 Å². The van der Waals surface area contributed by atoms with Crippen LogP contribution in [0.2, 0.25) is 0 Å². The van der Waals surface area contributed by atoms with Crippen molar-refractivity contribution in [2.75, 3.05) is 0 Å². The maximum Gasteiger partial charge on any atom is 0.145 e. The molecule has 0 radical (unpaired) electrons. The van der Waals surface area contributed by atoms with Crippen molar-refractivity contribution in [2.24, 2.45) is 0 Å². The molecule has 5 heteroatoms. The lowest BCUT2D eigenvalue weighted by molar-refractivity contribution is 0.482. The third-order valence-electron chi connectivity index (χ3n) is 9.80. The minimum atomic E-state index is -0.208. The molecule has 0 atom stereocenters. The largest absolute Gasteiger partial charge is 0.457 e. The molecule has 4 aromatic carbocycles. The molecule has 0 fully saturated rings. The second-order valence-corrected chi connectivity index (χ2v) is 14.0. The lowest BCUT2D eigenvalue weighted by Gasteiger charge is -2.36. The van der Waals surface area contributed by atoms with Crippen LogP contribution >= 0.6 is 0 Å². The van der Waals surface area contributed by atoms with E-state index in [1.807, 2.05) is 36.7 Å². The fourth-order valence-electron chi connectivity index (χ4n) is 7.43. The summed E-state index contributed by atoms with van der Waals surface area (Å²) < 4.78 is 11.2. The van der Waals surface area contributed by atoms with Crippen molar-refractivity contribution in [3.05, 3.63) is 132 Å². The van der Waals surface area contributed by atoms with Crippen LogP contribution in [0.15, 0.2) is 116 Å². The normalized spacial score (nSPS) is 13.9. The summed E-state index contributed by atoms with van der Waals surface area (Å²) in [5, 5.41) is 4.78. The van der Waals surface area contributed by atoms with E-state index in [0.29, 0.717) is 0 Å². The predicted octanol–water partition coefficient (Wildman–Crippen LogP) is 10.4. The standard InChI is InChI=1S/C41H34N4O/c1-40(2,3)25-21-31-30-12-10-20-43-39(30)45-36-24-27(16-18-32(36)41(4,5)33(22-25)38(31)45)46-26-15-17-29-28-11-6-7-13-34(28)44(35(29)23-26)37-14-8-9-19-42-37/h6-24H,1-5H3. The number of para-hydroxylation sites is 1. The minimum Gasteiger partial charge on any atom is -0.457 e. The Bertz CT molecular complexity index is 2510. The number of pyridine rings is 2. The molecule has 1 aliphatic rings. The predicted molar refractivity (Wildman–Crippen MR) is 188 cm³/mol. The van der Waals surface area contributed by atoms with Gasteiger partial charge in [0.1, 0.15) is 23.0 Å². The number of aromatic nitrogens is 4. The van der Waals surface area contributed by atoms with E-state index in [0.717, 1.165) is 39.7 Å². The number of rotatable bonds is 3. The van der Waals surface area contributed by atoms with Crippen LogP contribution in [0.3, 0.4) is 0 Å². The molecule has 0 amide bonds. The van der Waals surface area contributed by atoms with E-state index in [2.05, 4.69) is 128 Å². The Balaban J connectivity index is 1.23. The van der Waals surface area contributed by atoms with Crippen LogP contribution < -0.4 is 4.74 Å². The lowest BCUT2D eigenvalue weighted by atomic mass is 9.72. The first kappa shape index (κ1) is 26.9. The molecule has 5 nitrogen and oxygen atoms in total. The van der Waals surface area contributed by atoms with Gasteiger partial charge >= 0.3 is 0 Å². The van der Waals surface area contributed by atoms with Gasteiger partial charge < -0.3 is 4.74 Å². The van der Waals surface area contributed by atoms with Crippen molar-refractivity contribution in [3.8, 4) is 23.0 Å². The highest BCUT2D eigenvalue weighted by Gasteiger charge is 2.37. The highest BCUT2D eigenvalue weighted by molar-refractivity contribution is 6.11. The Labute approximate surface area is 267 Å². The van der Waals surface area contributed by atoms with Gasteiger partial charge in [-0.15, -0.1) is 0 Å². The molecule has 1 aliphatic heterocycles. The van der Waals surface area contributed by atoms with Crippen LogP contribution in [0.5, 0.6) is 11.5 Å². The number of fused-ring (bicyclic) bond motifs is 8. The van der Waals surface area contributed by atoms with Gasteiger partial charge in [0.15, 0.2) is 0 Å². The Morgan fingerprint density at radius 3 is 2.17 bits per heavy atom. The molecule has 224 valence electrons. The molecule has 5 heterocycles. The molecular formula is C41H34N4O. The summed E-state index contributed by atoms with van der Waals surface area (Å²) in [6.45, 7) is 11.6. The Hall–Kier alpha value is -5.42. The number of hydrogen-bond acceptors (Lipinski definition) is 3. The molecule has 9 rings (SSSR count). The second-order valence-electron chi connectivity index (χ2n) is 14.0. The van der Waals surface area contributed by atoms with Crippen LogP contribution in [-0.2, 0) is 10.8 Å². The summed E-state index contributed by atoms with van der Waals surface area (Å²) in [6.07, 6.45) is 3.73. The molecule has 0 unspecified atom stereocenters. The van der Waals surface area contributed by atoms with Gasteiger partial charge in [0.2, 0.25) is 0 Å². The van der Waals surface area contributed by atoms with Gasteiger partial charge in [-0.25, -0.2) is 9.97 Å². The highest BCUT2D eigenvalue weighted by atomic mass is 16.5. The Morgan fingerprint density at radius 2 is 1.35 bits per heavy atom. The van der Waals surface area contributed by atoms with E-state index in [-0.39, 0.29) is 10.8 Å². The molecule has 8 aromatic rings. The lowest BCUT2D eigenvalue weighted by Crippen LogP contribution is -2.27. The number of benzene rings is 4. The fraction of sp³-hybridized carbons (Fsp3) is 0.171. The smallest absolute Gasteiger partial charge is 0.145 e. The molecule has 0 bridgehead atoms. The third kappa shape index (κ3) is 3.75. The van der Waals surface area contributed by atoms with Crippen LogP contribution in [0, 0.1) is 0 Å². The molecule has 46 heavy (non-hydrogen) atoms. The van der Waals surface area contributed by atoms with Gasteiger partial charge in [-0.3, -0.25) is 9.13 Å². The summed E-state index contributed by atoms with van der Waals surface area (Å²) in [5.74, 6) is 2.44. The number of hydrogen-bond donors (Lipinski definition) is 0. The zero-order chi connectivity index (χ0) is 31.4. The third-order valence-corrected chi connectivity index (χ3v) is 9.80. The van der Waals surface area contributed by atoms with E-state index in [9.17, 15) is 0 Å². The zero-order valence-electron chi connectivity index (χ0n) is 26.7. The Morgan fingerprint density at radius 1 is 0.609 bits per heavy atom. The first-order valence-corrected chi connectivity index (χ1v) is 15.9. The molecular weight excluding hydrogens is 564 g/mol. The average molecular weight is 599 g/mol. The second kappa shape index (κ2) is 9.30. The minimum absolute atomic E-state index is 0.0265. The summed E-state index contributed by atoms with van der Waals surface area (Å²) in [6, 6.07) is 36.4. The maximum atomic E-state index is 6.68. The van der Waals surface area contributed by atoms with Crippen molar-refractivity contribution in [1.82, 2.24) is 19.1 Å². The zero-order valence-corrected chi connectivity index (χ0v) is 26.7. The molecule has 0 saturated carbocycles. The van der Waals surface area contributed by atoms with Crippen molar-refractivity contribution in [2.45, 2.75) is 45.4 Å². The molecule has 0 aliphatic carbocycles. The van der Waals surface area contributed by atoms with E-state index in [1.54, 1.807) is 0 Å². The fourth-order valence-corrected chi connectivity index (χ4v) is 7.43. The molecule has 0 spiro atoms. The van der Waals surface area contributed by atoms with Gasteiger partial charge in [0.05, 0.1) is 22.2 Å². The maximum absolute atomic E-state index is 6.68. The molecule has 4 aromatic heterocycles. The van der Waals surface area contributed by atoms with Crippen molar-refractivity contribution >= 4 is 43.7 Å². The van der Waals surface area contributed by atoms with Crippen LogP contribution in [0.25, 0.3) is 55.2 Å². The SMILES string of the molecule is CC(C)(C)c1cc2c3c(c1)c1cccnc1n3-c1cc(Oc3ccc4c5ccccc5n(-c5ccccn5)c4c3)ccc1C2(C)C. The topological polar surface area (TPSA) is 44.9 Å². The Kier molecular flexibility index (Phi) is 5.45. The number of nitrogens with zero attached hydrogens (tertiary/aromatic N) is 4. The monoisotopic (exact) mass is 598 g/mol. The van der Waals surface area contributed by atoms with Gasteiger partial charge in [-0.2, -0.15) is 0 Å².